The minimum Gasteiger partial charge on any atom is -0.397 e. The molecule has 0 amide bonds. The summed E-state index contributed by atoms with van der Waals surface area (Å²) in [5, 5.41) is 3.01. The van der Waals surface area contributed by atoms with Crippen LogP contribution in [0.15, 0.2) is 6.07 Å². The number of benzene rings is 1. The zero-order valence-electron chi connectivity index (χ0n) is 11.3. The molecule has 0 aromatic heterocycles. The molecule has 1 fully saturated rings. The van der Waals surface area contributed by atoms with Crippen LogP contribution in [0.2, 0.25) is 5.02 Å². The third-order valence-corrected chi connectivity index (χ3v) is 4.48. The molecule has 1 aliphatic carbocycles. The standard InChI is InChI=1S/C13H20ClFN4/c1-19(2)13(4-3-5-13)7-18-12-9(17)6-8(16)10(14)11(12)15/h6,18H,3-5,7,16-17H2,1-2H3. The molecule has 1 aromatic carbocycles. The van der Waals surface area contributed by atoms with E-state index >= 15 is 0 Å². The molecule has 1 aromatic rings. The van der Waals surface area contributed by atoms with Gasteiger partial charge in [-0.05, 0) is 39.4 Å². The second-order valence-electron chi connectivity index (χ2n) is 5.38. The Morgan fingerprint density at radius 1 is 1.37 bits per heavy atom. The Bertz CT molecular complexity index is 486. The molecule has 0 saturated heterocycles. The molecular weight excluding hydrogens is 267 g/mol. The van der Waals surface area contributed by atoms with Gasteiger partial charge in [-0.1, -0.05) is 11.6 Å². The van der Waals surface area contributed by atoms with Crippen LogP contribution in [-0.2, 0) is 0 Å². The first-order valence-electron chi connectivity index (χ1n) is 6.31. The molecule has 6 heteroatoms. The zero-order chi connectivity index (χ0) is 14.2. The maximum absolute atomic E-state index is 14.1. The van der Waals surface area contributed by atoms with Crippen LogP contribution in [0.1, 0.15) is 19.3 Å². The summed E-state index contributed by atoms with van der Waals surface area (Å²) in [5.74, 6) is -0.576. The predicted molar refractivity (Wildman–Crippen MR) is 79.0 cm³/mol. The smallest absolute Gasteiger partial charge is 0.169 e. The van der Waals surface area contributed by atoms with Crippen LogP contribution >= 0.6 is 11.6 Å². The Morgan fingerprint density at radius 3 is 2.47 bits per heavy atom. The van der Waals surface area contributed by atoms with Crippen LogP contribution < -0.4 is 16.8 Å². The topological polar surface area (TPSA) is 67.3 Å². The number of rotatable bonds is 4. The van der Waals surface area contributed by atoms with E-state index in [9.17, 15) is 4.39 Å². The summed E-state index contributed by atoms with van der Waals surface area (Å²) in [7, 11) is 4.08. The van der Waals surface area contributed by atoms with Gasteiger partial charge in [0.25, 0.3) is 0 Å². The van der Waals surface area contributed by atoms with E-state index in [0.29, 0.717) is 6.54 Å². The molecule has 0 bridgehead atoms. The number of likely N-dealkylation sites (N-methyl/N-ethyl adjacent to an activating group) is 1. The number of nitrogens with one attached hydrogen (secondary N) is 1. The van der Waals surface area contributed by atoms with Gasteiger partial charge in [0.05, 0.1) is 17.1 Å². The number of hydrogen-bond acceptors (Lipinski definition) is 4. The molecule has 0 aliphatic heterocycles. The lowest BCUT2D eigenvalue weighted by Gasteiger charge is -2.47. The lowest BCUT2D eigenvalue weighted by Crippen LogP contribution is -2.54. The van der Waals surface area contributed by atoms with Crippen molar-refractivity contribution in [2.75, 3.05) is 37.4 Å². The van der Waals surface area contributed by atoms with Gasteiger partial charge in [-0.15, -0.1) is 0 Å². The second-order valence-corrected chi connectivity index (χ2v) is 5.76. The van der Waals surface area contributed by atoms with Gasteiger partial charge < -0.3 is 21.7 Å². The molecule has 5 N–H and O–H groups in total. The van der Waals surface area contributed by atoms with E-state index in [2.05, 4.69) is 10.2 Å². The number of nitrogen functional groups attached to an aromatic ring is 2. The summed E-state index contributed by atoms with van der Waals surface area (Å²) in [4.78, 5) is 2.18. The molecule has 19 heavy (non-hydrogen) atoms. The number of hydrogen-bond donors (Lipinski definition) is 3. The van der Waals surface area contributed by atoms with E-state index in [1.807, 2.05) is 14.1 Å². The number of halogens is 2. The summed E-state index contributed by atoms with van der Waals surface area (Å²) in [5.41, 5.74) is 12.1. The molecule has 4 nitrogen and oxygen atoms in total. The minimum absolute atomic E-state index is 0.0761. The van der Waals surface area contributed by atoms with Crippen molar-refractivity contribution in [3.05, 3.63) is 16.9 Å². The quantitative estimate of drug-likeness (QED) is 0.744. The summed E-state index contributed by atoms with van der Waals surface area (Å²) < 4.78 is 14.1. The first-order valence-corrected chi connectivity index (χ1v) is 6.69. The van der Waals surface area contributed by atoms with Crippen molar-refractivity contribution >= 4 is 28.7 Å². The average Bonchev–Trinajstić information content (AvgIpc) is 2.28. The molecule has 106 valence electrons. The monoisotopic (exact) mass is 286 g/mol. The highest BCUT2D eigenvalue weighted by atomic mass is 35.5. The molecule has 0 radical (unpaired) electrons. The van der Waals surface area contributed by atoms with Crippen molar-refractivity contribution < 1.29 is 4.39 Å². The third-order valence-electron chi connectivity index (χ3n) is 4.09. The van der Waals surface area contributed by atoms with Crippen LogP contribution in [0, 0.1) is 5.82 Å². The fraction of sp³-hybridized carbons (Fsp3) is 0.538. The number of nitrogens with zero attached hydrogens (tertiary/aromatic N) is 1. The predicted octanol–water partition coefficient (Wildman–Crippen LogP) is 2.54. The maximum atomic E-state index is 14.1. The maximum Gasteiger partial charge on any atom is 0.169 e. The van der Waals surface area contributed by atoms with Gasteiger partial charge >= 0.3 is 0 Å². The van der Waals surface area contributed by atoms with Crippen molar-refractivity contribution in [2.24, 2.45) is 0 Å². The third kappa shape index (κ3) is 2.44. The fourth-order valence-corrected chi connectivity index (χ4v) is 2.61. The molecule has 0 atom stereocenters. The summed E-state index contributed by atoms with van der Waals surface area (Å²) in [6.45, 7) is 0.640. The Labute approximate surface area is 117 Å². The molecule has 2 rings (SSSR count). The van der Waals surface area contributed by atoms with Crippen molar-refractivity contribution in [2.45, 2.75) is 24.8 Å². The molecule has 0 spiro atoms. The largest absolute Gasteiger partial charge is 0.397 e. The van der Waals surface area contributed by atoms with Crippen LogP contribution in [0.5, 0.6) is 0 Å². The van der Waals surface area contributed by atoms with Gasteiger partial charge in [-0.25, -0.2) is 4.39 Å². The molecule has 1 saturated carbocycles. The van der Waals surface area contributed by atoms with E-state index in [0.717, 1.165) is 12.8 Å². The van der Waals surface area contributed by atoms with Gasteiger partial charge in [0, 0.05) is 12.1 Å². The first kappa shape index (κ1) is 14.2. The highest BCUT2D eigenvalue weighted by molar-refractivity contribution is 6.33. The van der Waals surface area contributed by atoms with Gasteiger partial charge in [-0.2, -0.15) is 0 Å². The lowest BCUT2D eigenvalue weighted by molar-refractivity contribution is 0.0738. The van der Waals surface area contributed by atoms with E-state index in [-0.39, 0.29) is 27.6 Å². The van der Waals surface area contributed by atoms with E-state index < -0.39 is 5.82 Å². The van der Waals surface area contributed by atoms with E-state index in [1.165, 1.54) is 12.5 Å². The normalized spacial score (nSPS) is 17.3. The van der Waals surface area contributed by atoms with Gasteiger partial charge in [0.2, 0.25) is 0 Å². The van der Waals surface area contributed by atoms with Crippen LogP contribution in [-0.4, -0.2) is 31.1 Å². The zero-order valence-corrected chi connectivity index (χ0v) is 12.0. The van der Waals surface area contributed by atoms with Gasteiger partial charge in [-0.3, -0.25) is 0 Å². The molecular formula is C13H20ClFN4. The summed E-state index contributed by atoms with van der Waals surface area (Å²) in [6.07, 6.45) is 3.38. The highest BCUT2D eigenvalue weighted by Crippen LogP contribution is 2.38. The van der Waals surface area contributed by atoms with Crippen molar-refractivity contribution in [3.63, 3.8) is 0 Å². The first-order chi connectivity index (χ1) is 8.87. The van der Waals surface area contributed by atoms with Crippen molar-refractivity contribution in [3.8, 4) is 0 Å². The van der Waals surface area contributed by atoms with Crippen LogP contribution in [0.3, 0.4) is 0 Å². The van der Waals surface area contributed by atoms with E-state index in [1.54, 1.807) is 0 Å². The average molecular weight is 287 g/mol. The van der Waals surface area contributed by atoms with Crippen molar-refractivity contribution in [1.29, 1.82) is 0 Å². The van der Waals surface area contributed by atoms with Crippen LogP contribution in [0.25, 0.3) is 0 Å². The molecule has 0 heterocycles. The fourth-order valence-electron chi connectivity index (χ4n) is 2.47. The van der Waals surface area contributed by atoms with Gasteiger partial charge in [0.15, 0.2) is 5.82 Å². The van der Waals surface area contributed by atoms with Crippen LogP contribution in [0.4, 0.5) is 21.5 Å². The lowest BCUT2D eigenvalue weighted by atomic mass is 9.75. The Balaban J connectivity index is 2.18. The minimum atomic E-state index is -0.576. The number of nitrogens with two attached hydrogens (primary N) is 2. The molecule has 1 aliphatic rings. The SMILES string of the molecule is CN(C)C1(CNc2c(N)cc(N)c(Cl)c2F)CCC1. The Hall–Kier alpha value is -1.20. The second kappa shape index (κ2) is 5.06. The highest BCUT2D eigenvalue weighted by Gasteiger charge is 2.39. The Kier molecular flexibility index (Phi) is 3.78. The summed E-state index contributed by atoms with van der Waals surface area (Å²) >= 11 is 5.81. The Morgan fingerprint density at radius 2 is 2.00 bits per heavy atom. The summed E-state index contributed by atoms with van der Waals surface area (Å²) in [6, 6.07) is 1.48. The van der Waals surface area contributed by atoms with Crippen molar-refractivity contribution in [1.82, 2.24) is 4.90 Å². The number of anilines is 3. The van der Waals surface area contributed by atoms with Gasteiger partial charge in [0.1, 0.15) is 5.02 Å². The van der Waals surface area contributed by atoms with E-state index in [4.69, 9.17) is 23.1 Å². The molecule has 0 unspecified atom stereocenters.